The molecule has 3 atom stereocenters. The van der Waals surface area contributed by atoms with Crippen LogP contribution in [-0.2, 0) is 23.9 Å². The number of nitrogens with two attached hydrogens (primary N) is 1. The van der Waals surface area contributed by atoms with Gasteiger partial charge < -0.3 is 25.7 Å². The molecule has 0 aromatic rings. The minimum Gasteiger partial charge on any atom is -0.481 e. The molecule has 0 radical (unpaired) electrons. The van der Waals surface area contributed by atoms with E-state index in [1.54, 1.807) is 0 Å². The van der Waals surface area contributed by atoms with Gasteiger partial charge in [0.25, 0.3) is 0 Å². The maximum Gasteiger partial charge on any atom is 0.456 e. The molecule has 21 heavy (non-hydrogen) atoms. The molecule has 0 aliphatic rings. The van der Waals surface area contributed by atoms with Gasteiger partial charge >= 0.3 is 19.7 Å². The van der Waals surface area contributed by atoms with E-state index < -0.39 is 52.9 Å². The lowest BCUT2D eigenvalue weighted by molar-refractivity contribution is -0.141. The first-order chi connectivity index (χ1) is 9.40. The summed E-state index contributed by atoms with van der Waals surface area (Å²) in [6.07, 6.45) is -0.248. The van der Waals surface area contributed by atoms with Gasteiger partial charge in [-0.05, 0) is 12.8 Å². The van der Waals surface area contributed by atoms with Crippen LogP contribution in [0.25, 0.3) is 0 Å². The summed E-state index contributed by atoms with van der Waals surface area (Å²) in [6.45, 7) is 1.51. The topological polar surface area (TPSA) is 188 Å². The van der Waals surface area contributed by atoms with Crippen molar-refractivity contribution < 1.29 is 38.4 Å². The Hall–Kier alpha value is -1.00. The molecule has 0 saturated heterocycles. The molecule has 0 bridgehead atoms. The third-order valence-corrected chi connectivity index (χ3v) is 6.46. The number of carbonyl (C=O) groups is 2. The van der Waals surface area contributed by atoms with Gasteiger partial charge in [-0.15, -0.1) is 4.13 Å². The molecule has 0 aromatic carbocycles. The number of rotatable bonds is 9. The molecule has 0 aromatic heterocycles. The Morgan fingerprint density at radius 1 is 1.29 bits per heavy atom. The van der Waals surface area contributed by atoms with Gasteiger partial charge in [-0.25, -0.2) is 8.77 Å². The SMILES string of the molecule is CCC(CS(=O)(CC[C@H](N)C(=O)O)=NP(=O)(O)O)C(=O)O. The van der Waals surface area contributed by atoms with Crippen LogP contribution in [0.3, 0.4) is 0 Å². The summed E-state index contributed by atoms with van der Waals surface area (Å²) < 4.78 is 26.3. The second-order valence-corrected chi connectivity index (χ2v) is 8.38. The molecular formula is C9H19N2O8PS. The summed E-state index contributed by atoms with van der Waals surface area (Å²) in [5.74, 6) is -4.81. The first-order valence-electron chi connectivity index (χ1n) is 5.91. The van der Waals surface area contributed by atoms with Gasteiger partial charge in [0.05, 0.1) is 15.6 Å². The second kappa shape index (κ2) is 7.85. The van der Waals surface area contributed by atoms with Crippen LogP contribution < -0.4 is 5.73 Å². The quantitative estimate of drug-likeness (QED) is 0.341. The largest absolute Gasteiger partial charge is 0.481 e. The third kappa shape index (κ3) is 8.12. The Bertz CT molecular complexity index is 550. The van der Waals surface area contributed by atoms with E-state index in [1.165, 1.54) is 6.92 Å². The lowest BCUT2D eigenvalue weighted by Gasteiger charge is -2.16. The molecule has 10 nitrogen and oxygen atoms in total. The van der Waals surface area contributed by atoms with E-state index in [4.69, 9.17) is 25.7 Å². The van der Waals surface area contributed by atoms with Crippen LogP contribution in [0.4, 0.5) is 0 Å². The van der Waals surface area contributed by atoms with Gasteiger partial charge in [-0.3, -0.25) is 9.59 Å². The predicted octanol–water partition coefficient (Wildman–Crippen LogP) is -0.540. The second-order valence-electron chi connectivity index (χ2n) is 4.42. The smallest absolute Gasteiger partial charge is 0.456 e. The lowest BCUT2D eigenvalue weighted by atomic mass is 10.1. The standard InChI is InChI=1S/C9H19N2O8PS/c1-2-6(8(12)13)5-21(19,11-20(16,17)18)4-3-7(10)9(14)15/h6-7H,2-5,10H2,1H3,(H,12,13)(H,14,15)(H2,16,17,18)/t6?,7-,21?/m0/s1. The molecule has 0 saturated carbocycles. The fourth-order valence-electron chi connectivity index (χ4n) is 1.46. The minimum atomic E-state index is -5.00. The molecule has 0 heterocycles. The zero-order valence-electron chi connectivity index (χ0n) is 11.3. The molecule has 6 N–H and O–H groups in total. The van der Waals surface area contributed by atoms with E-state index in [9.17, 15) is 18.4 Å². The molecule has 0 fully saturated rings. The number of hydrogen-bond acceptors (Lipinski definition) is 5. The predicted molar refractivity (Wildman–Crippen MR) is 74.0 cm³/mol. The van der Waals surface area contributed by atoms with Crippen LogP contribution in [0.15, 0.2) is 4.13 Å². The average molecular weight is 346 g/mol. The van der Waals surface area contributed by atoms with Crippen molar-refractivity contribution in [3.8, 4) is 0 Å². The van der Waals surface area contributed by atoms with Crippen LogP contribution in [0.2, 0.25) is 0 Å². The fraction of sp³-hybridized carbons (Fsp3) is 0.778. The van der Waals surface area contributed by atoms with Crippen molar-refractivity contribution in [3.05, 3.63) is 0 Å². The third-order valence-electron chi connectivity index (χ3n) is 2.62. The first kappa shape index (κ1) is 20.0. The molecule has 124 valence electrons. The number of carboxylic acids is 2. The van der Waals surface area contributed by atoms with E-state index in [1.807, 2.05) is 0 Å². The highest BCUT2D eigenvalue weighted by molar-refractivity contribution is 7.96. The van der Waals surface area contributed by atoms with Crippen LogP contribution in [0, 0.1) is 5.92 Å². The van der Waals surface area contributed by atoms with Crippen molar-refractivity contribution in [2.75, 3.05) is 11.5 Å². The molecule has 2 unspecified atom stereocenters. The first-order valence-corrected chi connectivity index (χ1v) is 9.33. The molecule has 0 rings (SSSR count). The van der Waals surface area contributed by atoms with Gasteiger partial charge in [0.2, 0.25) is 0 Å². The van der Waals surface area contributed by atoms with Crippen LogP contribution in [-0.4, -0.2) is 53.7 Å². The Morgan fingerprint density at radius 2 is 1.81 bits per heavy atom. The van der Waals surface area contributed by atoms with Crippen molar-refractivity contribution in [2.45, 2.75) is 25.8 Å². The number of carboxylic acid groups (broad SMARTS) is 2. The minimum absolute atomic E-state index is 0.0913. The van der Waals surface area contributed by atoms with Crippen molar-refractivity contribution in [2.24, 2.45) is 15.8 Å². The van der Waals surface area contributed by atoms with E-state index in [0.29, 0.717) is 0 Å². The van der Waals surface area contributed by atoms with Crippen molar-refractivity contribution in [1.82, 2.24) is 0 Å². The zero-order valence-corrected chi connectivity index (χ0v) is 13.0. The number of aliphatic carboxylic acids is 2. The van der Waals surface area contributed by atoms with Crippen molar-refractivity contribution >= 4 is 29.4 Å². The van der Waals surface area contributed by atoms with Gasteiger partial charge in [0.15, 0.2) is 0 Å². The number of hydrogen-bond donors (Lipinski definition) is 5. The van der Waals surface area contributed by atoms with Crippen LogP contribution in [0.5, 0.6) is 0 Å². The van der Waals surface area contributed by atoms with Gasteiger partial charge in [0, 0.05) is 11.5 Å². The number of nitrogens with zero attached hydrogens (tertiary/aromatic N) is 1. The van der Waals surface area contributed by atoms with Gasteiger partial charge in [0.1, 0.15) is 6.04 Å². The Labute approximate surface area is 121 Å². The van der Waals surface area contributed by atoms with Gasteiger partial charge in [-0.1, -0.05) is 6.92 Å². The maximum absolute atomic E-state index is 12.4. The molecule has 0 aliphatic carbocycles. The van der Waals surface area contributed by atoms with E-state index >= 15 is 0 Å². The fourth-order valence-corrected chi connectivity index (χ4v) is 5.40. The van der Waals surface area contributed by atoms with E-state index in [2.05, 4.69) is 4.13 Å². The van der Waals surface area contributed by atoms with Gasteiger partial charge in [-0.2, -0.15) is 0 Å². The highest BCUT2D eigenvalue weighted by Crippen LogP contribution is 2.38. The summed E-state index contributed by atoms with van der Waals surface area (Å²) in [4.78, 5) is 39.2. The zero-order chi connectivity index (χ0) is 16.8. The Balaban J connectivity index is 5.36. The summed E-state index contributed by atoms with van der Waals surface area (Å²) in [5.41, 5.74) is 5.23. The normalized spacial score (nSPS) is 17.5. The van der Waals surface area contributed by atoms with Crippen molar-refractivity contribution in [1.29, 1.82) is 0 Å². The van der Waals surface area contributed by atoms with Crippen LogP contribution in [0.1, 0.15) is 19.8 Å². The summed E-state index contributed by atoms with van der Waals surface area (Å²) in [5, 5.41) is 17.6. The van der Waals surface area contributed by atoms with E-state index in [-0.39, 0.29) is 12.8 Å². The molecule has 0 amide bonds. The van der Waals surface area contributed by atoms with E-state index in [0.717, 1.165) is 0 Å². The summed E-state index contributed by atoms with van der Waals surface area (Å²) in [6, 6.07) is -1.37. The Kier molecular flexibility index (Phi) is 7.48. The molecule has 0 aliphatic heterocycles. The average Bonchev–Trinajstić information content (AvgIpc) is 2.30. The monoisotopic (exact) mass is 346 g/mol. The summed E-state index contributed by atoms with van der Waals surface area (Å²) >= 11 is 0. The molecule has 0 spiro atoms. The maximum atomic E-state index is 12.4. The van der Waals surface area contributed by atoms with Crippen LogP contribution >= 0.6 is 7.75 Å². The van der Waals surface area contributed by atoms with Crippen molar-refractivity contribution in [3.63, 3.8) is 0 Å². The molecular weight excluding hydrogens is 327 g/mol. The summed E-state index contributed by atoms with van der Waals surface area (Å²) in [7, 11) is -8.59. The molecule has 12 heteroatoms. The highest BCUT2D eigenvalue weighted by Gasteiger charge is 2.27. The highest BCUT2D eigenvalue weighted by atomic mass is 32.2. The Morgan fingerprint density at radius 3 is 2.14 bits per heavy atom. The lowest BCUT2D eigenvalue weighted by Crippen LogP contribution is -2.33.